The number of carbonyl (C=O) groups excluding carboxylic acids is 1. The highest BCUT2D eigenvalue weighted by atomic mass is 16.5. The van der Waals surface area contributed by atoms with Crippen molar-refractivity contribution in [2.75, 3.05) is 0 Å². The third kappa shape index (κ3) is 2.55. The van der Waals surface area contributed by atoms with Gasteiger partial charge in [0.1, 0.15) is 5.76 Å². The molecule has 1 aliphatic rings. The Morgan fingerprint density at radius 2 is 1.39 bits per heavy atom. The number of ether oxygens (including phenoxy) is 1. The second-order valence-electron chi connectivity index (χ2n) is 5.44. The summed E-state index contributed by atoms with van der Waals surface area (Å²) in [5, 5.41) is 0. The van der Waals surface area contributed by atoms with Crippen molar-refractivity contribution in [3.05, 3.63) is 95.6 Å². The first-order valence-electron chi connectivity index (χ1n) is 7.50. The topological polar surface area (TPSA) is 26.3 Å². The lowest BCUT2D eigenvalue weighted by Gasteiger charge is -2.03. The minimum Gasteiger partial charge on any atom is -0.422 e. The number of esters is 1. The molecule has 0 saturated heterocycles. The van der Waals surface area contributed by atoms with Crippen molar-refractivity contribution in [3.8, 4) is 11.1 Å². The Morgan fingerprint density at radius 1 is 0.696 bits per heavy atom. The Hall–Kier alpha value is -3.13. The van der Waals surface area contributed by atoms with Crippen LogP contribution in [0, 0.1) is 0 Å². The molecule has 4 rings (SSSR count). The molecule has 110 valence electrons. The fraction of sp³-hybridized carbons (Fsp3) is 0. The highest BCUT2D eigenvalue weighted by Crippen LogP contribution is 2.34. The summed E-state index contributed by atoms with van der Waals surface area (Å²) in [6, 6.07) is 25.7. The van der Waals surface area contributed by atoms with E-state index in [2.05, 4.69) is 0 Å². The van der Waals surface area contributed by atoms with E-state index in [0.717, 1.165) is 22.3 Å². The number of cyclic esters (lactones) is 1. The molecule has 0 aromatic heterocycles. The van der Waals surface area contributed by atoms with Crippen molar-refractivity contribution in [1.82, 2.24) is 0 Å². The summed E-state index contributed by atoms with van der Waals surface area (Å²) >= 11 is 0. The molecule has 3 aromatic rings. The van der Waals surface area contributed by atoms with E-state index in [1.165, 1.54) is 0 Å². The van der Waals surface area contributed by atoms with Crippen molar-refractivity contribution in [2.45, 2.75) is 0 Å². The molecule has 23 heavy (non-hydrogen) atoms. The molecule has 0 N–H and O–H groups in total. The Morgan fingerprint density at radius 3 is 2.13 bits per heavy atom. The van der Waals surface area contributed by atoms with Crippen LogP contribution in [0.15, 0.2) is 78.9 Å². The molecule has 0 saturated carbocycles. The van der Waals surface area contributed by atoms with Crippen molar-refractivity contribution in [1.29, 1.82) is 0 Å². The van der Waals surface area contributed by atoms with Gasteiger partial charge in [-0.25, -0.2) is 4.79 Å². The van der Waals surface area contributed by atoms with Crippen LogP contribution in [0.25, 0.3) is 23.0 Å². The van der Waals surface area contributed by atoms with Crippen LogP contribution in [-0.4, -0.2) is 5.97 Å². The average Bonchev–Trinajstić information content (AvgIpc) is 2.92. The number of rotatable bonds is 2. The van der Waals surface area contributed by atoms with Gasteiger partial charge >= 0.3 is 5.97 Å². The van der Waals surface area contributed by atoms with Crippen molar-refractivity contribution in [2.24, 2.45) is 0 Å². The van der Waals surface area contributed by atoms with Gasteiger partial charge in [0.2, 0.25) is 0 Å². The maximum Gasteiger partial charge on any atom is 0.344 e. The van der Waals surface area contributed by atoms with Crippen LogP contribution in [0.2, 0.25) is 0 Å². The zero-order valence-electron chi connectivity index (χ0n) is 12.4. The minimum absolute atomic E-state index is 0.292. The zero-order valence-corrected chi connectivity index (χ0v) is 12.4. The van der Waals surface area contributed by atoms with Crippen LogP contribution in [0.5, 0.6) is 0 Å². The van der Waals surface area contributed by atoms with E-state index in [1.807, 2.05) is 84.9 Å². The van der Waals surface area contributed by atoms with E-state index in [4.69, 9.17) is 4.74 Å². The number of fused-ring (bicyclic) bond motifs is 1. The Labute approximate surface area is 134 Å². The first-order chi connectivity index (χ1) is 11.3. The third-order valence-corrected chi connectivity index (χ3v) is 3.91. The van der Waals surface area contributed by atoms with E-state index in [-0.39, 0.29) is 5.97 Å². The van der Waals surface area contributed by atoms with Gasteiger partial charge in [0.25, 0.3) is 0 Å². The molecule has 0 spiro atoms. The van der Waals surface area contributed by atoms with Gasteiger partial charge in [-0.15, -0.1) is 0 Å². The number of hydrogen-bond acceptors (Lipinski definition) is 2. The molecule has 1 aliphatic heterocycles. The largest absolute Gasteiger partial charge is 0.422 e. The summed E-state index contributed by atoms with van der Waals surface area (Å²) in [7, 11) is 0. The lowest BCUT2D eigenvalue weighted by Crippen LogP contribution is -1.93. The molecule has 0 fully saturated rings. The maximum absolute atomic E-state index is 12.2. The molecule has 2 heteroatoms. The minimum atomic E-state index is -0.292. The quantitative estimate of drug-likeness (QED) is 0.621. The van der Waals surface area contributed by atoms with Crippen molar-refractivity contribution >= 4 is 17.8 Å². The molecule has 0 aliphatic carbocycles. The van der Waals surface area contributed by atoms with E-state index in [0.29, 0.717) is 11.3 Å². The second-order valence-corrected chi connectivity index (χ2v) is 5.44. The fourth-order valence-corrected chi connectivity index (χ4v) is 2.76. The number of carbonyl (C=O) groups is 1. The first kappa shape index (κ1) is 13.5. The number of benzene rings is 3. The SMILES string of the molecule is O=C1OC(=Cc2ccccc2)c2ccc(-c3ccccc3)cc21. The molecule has 3 aromatic carbocycles. The normalized spacial score (nSPS) is 14.6. The summed E-state index contributed by atoms with van der Waals surface area (Å²) in [4.78, 5) is 12.2. The molecule has 0 bridgehead atoms. The monoisotopic (exact) mass is 298 g/mol. The molecular weight excluding hydrogens is 284 g/mol. The van der Waals surface area contributed by atoms with Crippen molar-refractivity contribution < 1.29 is 9.53 Å². The lowest BCUT2D eigenvalue weighted by atomic mass is 9.99. The van der Waals surface area contributed by atoms with E-state index in [1.54, 1.807) is 0 Å². The summed E-state index contributed by atoms with van der Waals surface area (Å²) in [5.41, 5.74) is 4.58. The third-order valence-electron chi connectivity index (χ3n) is 3.91. The first-order valence-corrected chi connectivity index (χ1v) is 7.50. The van der Waals surface area contributed by atoms with Gasteiger partial charge < -0.3 is 4.74 Å². The molecule has 0 unspecified atom stereocenters. The van der Waals surface area contributed by atoms with Crippen LogP contribution in [0.3, 0.4) is 0 Å². The average molecular weight is 298 g/mol. The molecular formula is C21H14O2. The molecule has 1 heterocycles. The second kappa shape index (κ2) is 5.58. The highest BCUT2D eigenvalue weighted by Gasteiger charge is 2.26. The van der Waals surface area contributed by atoms with Crippen LogP contribution in [0.1, 0.15) is 21.5 Å². The van der Waals surface area contributed by atoms with E-state index < -0.39 is 0 Å². The van der Waals surface area contributed by atoms with Crippen LogP contribution < -0.4 is 0 Å². The molecule has 0 amide bonds. The predicted octanol–water partition coefficient (Wildman–Crippen LogP) is 5.02. The standard InChI is InChI=1S/C21H14O2/c22-21-19-14-17(16-9-5-2-6-10-16)11-12-18(19)20(23-21)13-15-7-3-1-4-8-15/h1-14H. The van der Waals surface area contributed by atoms with Crippen molar-refractivity contribution in [3.63, 3.8) is 0 Å². The Kier molecular flexibility index (Phi) is 3.28. The van der Waals surface area contributed by atoms with Gasteiger partial charge in [0.15, 0.2) is 0 Å². The molecule has 0 radical (unpaired) electrons. The molecule has 0 atom stereocenters. The van der Waals surface area contributed by atoms with Gasteiger partial charge in [-0.2, -0.15) is 0 Å². The Balaban J connectivity index is 1.77. The highest BCUT2D eigenvalue weighted by molar-refractivity contribution is 6.06. The van der Waals surface area contributed by atoms with Gasteiger partial charge in [0, 0.05) is 5.56 Å². The van der Waals surface area contributed by atoms with Gasteiger partial charge in [-0.1, -0.05) is 66.7 Å². The van der Waals surface area contributed by atoms with Gasteiger partial charge in [-0.3, -0.25) is 0 Å². The lowest BCUT2D eigenvalue weighted by molar-refractivity contribution is 0.0717. The van der Waals surface area contributed by atoms with Gasteiger partial charge in [-0.05, 0) is 34.9 Å². The number of hydrogen-bond donors (Lipinski definition) is 0. The molecule has 2 nitrogen and oxygen atoms in total. The summed E-state index contributed by atoms with van der Waals surface area (Å²) < 4.78 is 5.45. The smallest absolute Gasteiger partial charge is 0.344 e. The zero-order chi connectivity index (χ0) is 15.6. The summed E-state index contributed by atoms with van der Waals surface area (Å²) in [5.74, 6) is 0.316. The van der Waals surface area contributed by atoms with Crippen LogP contribution in [0.4, 0.5) is 0 Å². The van der Waals surface area contributed by atoms with E-state index in [9.17, 15) is 4.79 Å². The predicted molar refractivity (Wildman–Crippen MR) is 91.6 cm³/mol. The van der Waals surface area contributed by atoms with E-state index >= 15 is 0 Å². The fourth-order valence-electron chi connectivity index (χ4n) is 2.76. The Bertz CT molecular complexity index is 894. The van der Waals surface area contributed by atoms with Crippen LogP contribution >= 0.6 is 0 Å². The van der Waals surface area contributed by atoms with Gasteiger partial charge in [0.05, 0.1) is 5.56 Å². The maximum atomic E-state index is 12.2. The summed E-state index contributed by atoms with van der Waals surface area (Å²) in [6.07, 6.45) is 1.89. The summed E-state index contributed by atoms with van der Waals surface area (Å²) in [6.45, 7) is 0. The van der Waals surface area contributed by atoms with Crippen LogP contribution in [-0.2, 0) is 4.74 Å².